The van der Waals surface area contributed by atoms with Crippen LogP contribution in [0.25, 0.3) is 0 Å². The zero-order valence-electron chi connectivity index (χ0n) is 14.2. The Labute approximate surface area is 115 Å². The molecule has 0 aliphatic heterocycles. The molecule has 0 amide bonds. The molecule has 0 atom stereocenters. The summed E-state index contributed by atoms with van der Waals surface area (Å²) >= 11 is 0. The molecule has 0 unspecified atom stereocenters. The second-order valence-corrected chi connectivity index (χ2v) is 9.41. The van der Waals surface area contributed by atoms with Gasteiger partial charge in [-0.15, -0.1) is 0 Å². The van der Waals surface area contributed by atoms with E-state index in [1.54, 1.807) is 0 Å². The van der Waals surface area contributed by atoms with Gasteiger partial charge in [0, 0.05) is 17.8 Å². The highest BCUT2D eigenvalue weighted by Crippen LogP contribution is 2.48. The Bertz CT molecular complexity index is 224. The average molecular weight is 258 g/mol. The Balaban J connectivity index is 2.63. The molecule has 3 nitrogen and oxygen atoms in total. The Hall–Kier alpha value is -0.120. The summed E-state index contributed by atoms with van der Waals surface area (Å²) in [5, 5.41) is 0. The molecule has 1 aliphatic rings. The van der Waals surface area contributed by atoms with E-state index in [9.17, 15) is 0 Å². The van der Waals surface area contributed by atoms with Gasteiger partial charge in [0.15, 0.2) is 0 Å². The smallest absolute Gasteiger partial charge is 0.0819 e. The van der Waals surface area contributed by atoms with Crippen molar-refractivity contribution in [2.45, 2.75) is 0 Å². The van der Waals surface area contributed by atoms with Crippen LogP contribution in [0.3, 0.4) is 0 Å². The summed E-state index contributed by atoms with van der Waals surface area (Å²) in [6.07, 6.45) is 0. The Morgan fingerprint density at radius 1 is 0.444 bits per heavy atom. The van der Waals surface area contributed by atoms with Crippen molar-refractivity contribution in [1.29, 1.82) is 0 Å². The zero-order chi connectivity index (χ0) is 14.4. The maximum Gasteiger partial charge on any atom is 0.0819 e. The lowest BCUT2D eigenvalue weighted by atomic mass is 10.2. The van der Waals surface area contributed by atoms with Crippen molar-refractivity contribution < 1.29 is 13.4 Å². The maximum atomic E-state index is 2.32. The zero-order valence-corrected chi connectivity index (χ0v) is 14.2. The van der Waals surface area contributed by atoms with E-state index in [4.69, 9.17) is 0 Å². The van der Waals surface area contributed by atoms with Crippen molar-refractivity contribution in [2.75, 3.05) is 83.1 Å². The topological polar surface area (TPSA) is 0 Å². The molecule has 0 heterocycles. The molecule has 0 spiro atoms. The Morgan fingerprint density at radius 2 is 0.611 bits per heavy atom. The van der Waals surface area contributed by atoms with Gasteiger partial charge in [0.05, 0.1) is 83.1 Å². The summed E-state index contributed by atoms with van der Waals surface area (Å²) in [5.41, 5.74) is 0. The first-order valence-corrected chi connectivity index (χ1v) is 7.20. The average Bonchev–Trinajstić information content (AvgIpc) is 2.53. The predicted octanol–water partition coefficient (Wildman–Crippen LogP) is 0.967. The highest BCUT2D eigenvalue weighted by atomic mass is 15.3. The molecular weight excluding hydrogens is 222 g/mol. The normalized spacial score (nSPS) is 29.5. The Morgan fingerprint density at radius 3 is 0.722 bits per heavy atom. The monoisotopic (exact) mass is 258 g/mol. The van der Waals surface area contributed by atoms with Crippen molar-refractivity contribution in [3.8, 4) is 0 Å². The lowest BCUT2D eigenvalue weighted by molar-refractivity contribution is -0.878. The summed E-state index contributed by atoms with van der Waals surface area (Å²) in [7, 11) is 20.9. The van der Waals surface area contributed by atoms with Crippen molar-refractivity contribution in [3.63, 3.8) is 0 Å². The van der Waals surface area contributed by atoms with E-state index in [2.05, 4.69) is 63.4 Å². The molecule has 0 N–H and O–H groups in total. The number of nitrogens with zero attached hydrogens (tertiary/aromatic N) is 3. The van der Waals surface area contributed by atoms with Gasteiger partial charge < -0.3 is 13.4 Å². The van der Waals surface area contributed by atoms with Crippen LogP contribution < -0.4 is 0 Å². The maximum absolute atomic E-state index is 2.32. The van der Waals surface area contributed by atoms with Crippen LogP contribution in [0.4, 0.5) is 0 Å². The van der Waals surface area contributed by atoms with Gasteiger partial charge in [-0.1, -0.05) is 0 Å². The van der Waals surface area contributed by atoms with E-state index in [1.165, 1.54) is 19.6 Å². The standard InChI is InChI=1S/C15H36N3/c1-16(2,3)10-13-14(11-17(4,5)6)15(13)12-18(7,8)9/h13-15H,10-12H2,1-9H3/q+3. The van der Waals surface area contributed by atoms with Crippen LogP contribution in [0.15, 0.2) is 0 Å². The van der Waals surface area contributed by atoms with E-state index in [0.717, 1.165) is 31.2 Å². The fraction of sp³-hybridized carbons (Fsp3) is 1.00. The fourth-order valence-corrected chi connectivity index (χ4v) is 3.23. The first kappa shape index (κ1) is 15.9. The molecule has 0 saturated heterocycles. The molecule has 0 aromatic carbocycles. The third-order valence-corrected chi connectivity index (χ3v) is 3.78. The van der Waals surface area contributed by atoms with Gasteiger partial charge in [-0.3, -0.25) is 0 Å². The van der Waals surface area contributed by atoms with E-state index in [-0.39, 0.29) is 0 Å². The van der Waals surface area contributed by atoms with Crippen molar-refractivity contribution in [1.82, 2.24) is 0 Å². The van der Waals surface area contributed by atoms with Crippen LogP contribution in [0.2, 0.25) is 0 Å². The molecule has 1 rings (SSSR count). The molecule has 1 fully saturated rings. The van der Waals surface area contributed by atoms with Gasteiger partial charge in [-0.25, -0.2) is 0 Å². The minimum Gasteiger partial charge on any atom is -0.331 e. The molecule has 1 aliphatic carbocycles. The van der Waals surface area contributed by atoms with Crippen molar-refractivity contribution in [2.24, 2.45) is 17.8 Å². The third-order valence-electron chi connectivity index (χ3n) is 3.78. The van der Waals surface area contributed by atoms with Gasteiger partial charge >= 0.3 is 0 Å². The largest absolute Gasteiger partial charge is 0.331 e. The van der Waals surface area contributed by atoms with Crippen molar-refractivity contribution in [3.05, 3.63) is 0 Å². The molecule has 0 aromatic heterocycles. The molecule has 0 bridgehead atoms. The summed E-state index contributed by atoms with van der Waals surface area (Å²) in [6, 6.07) is 0. The highest BCUT2D eigenvalue weighted by Gasteiger charge is 2.56. The van der Waals surface area contributed by atoms with E-state index in [0.29, 0.717) is 0 Å². The van der Waals surface area contributed by atoms with Gasteiger partial charge in [0.2, 0.25) is 0 Å². The second-order valence-electron chi connectivity index (χ2n) is 9.41. The van der Waals surface area contributed by atoms with E-state index < -0.39 is 0 Å². The van der Waals surface area contributed by atoms with Gasteiger partial charge in [-0.2, -0.15) is 0 Å². The summed E-state index contributed by atoms with van der Waals surface area (Å²) in [6.45, 7) is 3.99. The summed E-state index contributed by atoms with van der Waals surface area (Å²) in [4.78, 5) is 0. The lowest BCUT2D eigenvalue weighted by Crippen LogP contribution is -2.39. The lowest BCUT2D eigenvalue weighted by Gasteiger charge is -2.26. The molecular formula is C15H36N3+3. The van der Waals surface area contributed by atoms with Crippen molar-refractivity contribution >= 4 is 0 Å². The van der Waals surface area contributed by atoms with Crippen LogP contribution in [0, 0.1) is 17.8 Å². The van der Waals surface area contributed by atoms with E-state index >= 15 is 0 Å². The van der Waals surface area contributed by atoms with Gasteiger partial charge in [0.1, 0.15) is 0 Å². The highest BCUT2D eigenvalue weighted by molar-refractivity contribution is 4.96. The SMILES string of the molecule is C[N+](C)(C)CC1C(C[N+](C)(C)C)C1C[N+](C)(C)C. The first-order valence-electron chi connectivity index (χ1n) is 7.20. The number of hydrogen-bond donors (Lipinski definition) is 0. The predicted molar refractivity (Wildman–Crippen MR) is 79.2 cm³/mol. The molecule has 3 heteroatoms. The Kier molecular flexibility index (Phi) is 4.22. The molecule has 0 radical (unpaired) electrons. The fourth-order valence-electron chi connectivity index (χ4n) is 3.23. The number of rotatable bonds is 6. The van der Waals surface area contributed by atoms with Gasteiger partial charge in [-0.05, 0) is 0 Å². The summed E-state index contributed by atoms with van der Waals surface area (Å²) < 4.78 is 3.31. The second kappa shape index (κ2) is 4.77. The third kappa shape index (κ3) is 5.68. The quantitative estimate of drug-likeness (QED) is 0.623. The minimum absolute atomic E-state index is 0.930. The van der Waals surface area contributed by atoms with E-state index in [1.807, 2.05) is 0 Å². The molecule has 18 heavy (non-hydrogen) atoms. The molecule has 1 saturated carbocycles. The molecule has 0 aromatic rings. The van der Waals surface area contributed by atoms with Crippen LogP contribution in [0.1, 0.15) is 0 Å². The number of hydrogen-bond acceptors (Lipinski definition) is 0. The van der Waals surface area contributed by atoms with Crippen LogP contribution in [-0.4, -0.2) is 96.5 Å². The van der Waals surface area contributed by atoms with Crippen LogP contribution in [-0.2, 0) is 0 Å². The minimum atomic E-state index is 0.930. The van der Waals surface area contributed by atoms with Gasteiger partial charge in [0.25, 0.3) is 0 Å². The molecule has 108 valence electrons. The van der Waals surface area contributed by atoms with Crippen LogP contribution in [0.5, 0.6) is 0 Å². The summed E-state index contributed by atoms with van der Waals surface area (Å²) in [5.74, 6) is 2.79. The first-order chi connectivity index (χ1) is 7.79. The van der Waals surface area contributed by atoms with Crippen LogP contribution >= 0.6 is 0 Å². The number of quaternary nitrogens is 3.